The summed E-state index contributed by atoms with van der Waals surface area (Å²) in [5, 5.41) is 12.5. The number of aliphatic hydroxyl groups is 1. The summed E-state index contributed by atoms with van der Waals surface area (Å²) in [5.41, 5.74) is 2.28. The van der Waals surface area contributed by atoms with Crippen molar-refractivity contribution in [2.24, 2.45) is 5.92 Å². The fourth-order valence-electron chi connectivity index (χ4n) is 2.65. The maximum absolute atomic E-state index is 9.13. The molecule has 160 valence electrons. The van der Waals surface area contributed by atoms with Gasteiger partial charge in [0, 0.05) is 12.0 Å². The molecule has 0 aliphatic heterocycles. The first-order valence-electron chi connectivity index (χ1n) is 10.5. The number of nitrogens with zero attached hydrogens (tertiary/aromatic N) is 1. The van der Waals surface area contributed by atoms with Crippen LogP contribution in [0.1, 0.15) is 71.0 Å². The highest BCUT2D eigenvalue weighted by atomic mass is 32.1. The molecule has 0 saturated carbocycles. The van der Waals surface area contributed by atoms with Gasteiger partial charge in [0.15, 0.2) is 8.32 Å². The SMILES string of the molecule is C/C(=C\c1csc(C)n1)[C@H](C/C=C\CCC[C@H](C)CO)O[Si](C)(C)C(C)(C)C. The van der Waals surface area contributed by atoms with Crippen LogP contribution in [0.5, 0.6) is 0 Å². The van der Waals surface area contributed by atoms with Crippen molar-refractivity contribution >= 4 is 25.7 Å². The maximum Gasteiger partial charge on any atom is 0.192 e. The van der Waals surface area contributed by atoms with Crippen LogP contribution in [0.25, 0.3) is 6.08 Å². The summed E-state index contributed by atoms with van der Waals surface area (Å²) in [6.45, 7) is 18.1. The lowest BCUT2D eigenvalue weighted by Gasteiger charge is -2.39. The summed E-state index contributed by atoms with van der Waals surface area (Å²) in [5.74, 6) is 0.398. The minimum atomic E-state index is -1.86. The zero-order valence-corrected chi connectivity index (χ0v) is 21.0. The van der Waals surface area contributed by atoms with E-state index < -0.39 is 8.32 Å². The van der Waals surface area contributed by atoms with Crippen LogP contribution in [0.3, 0.4) is 0 Å². The zero-order valence-electron chi connectivity index (χ0n) is 19.2. The molecular weight excluding hydrogens is 382 g/mol. The molecule has 1 rings (SSSR count). The third-order valence-electron chi connectivity index (χ3n) is 5.66. The highest BCUT2D eigenvalue weighted by Gasteiger charge is 2.39. The van der Waals surface area contributed by atoms with Crippen molar-refractivity contribution in [3.8, 4) is 0 Å². The second-order valence-corrected chi connectivity index (χ2v) is 15.3. The first-order chi connectivity index (χ1) is 13.0. The molecule has 1 aromatic rings. The molecule has 0 saturated heterocycles. The first-order valence-corrected chi connectivity index (χ1v) is 14.3. The van der Waals surface area contributed by atoms with Crippen LogP contribution in [-0.2, 0) is 4.43 Å². The molecule has 0 aliphatic rings. The van der Waals surface area contributed by atoms with Crippen LogP contribution >= 0.6 is 11.3 Å². The minimum Gasteiger partial charge on any atom is -0.410 e. The van der Waals surface area contributed by atoms with Gasteiger partial charge in [-0.15, -0.1) is 11.3 Å². The van der Waals surface area contributed by atoms with Gasteiger partial charge >= 0.3 is 0 Å². The Labute approximate surface area is 178 Å². The van der Waals surface area contributed by atoms with Crippen LogP contribution in [0, 0.1) is 12.8 Å². The number of aryl methyl sites for hydroxylation is 1. The van der Waals surface area contributed by atoms with Crippen LogP contribution < -0.4 is 0 Å². The zero-order chi connectivity index (χ0) is 21.4. The maximum atomic E-state index is 9.13. The Morgan fingerprint density at radius 3 is 2.54 bits per heavy atom. The average Bonchev–Trinajstić information content (AvgIpc) is 3.00. The Balaban J connectivity index is 2.82. The fourth-order valence-corrected chi connectivity index (χ4v) is 4.56. The summed E-state index contributed by atoms with van der Waals surface area (Å²) in [6, 6.07) is 0. The van der Waals surface area contributed by atoms with Gasteiger partial charge in [0.25, 0.3) is 0 Å². The van der Waals surface area contributed by atoms with Gasteiger partial charge in [0.1, 0.15) is 0 Å². The largest absolute Gasteiger partial charge is 0.410 e. The predicted molar refractivity (Wildman–Crippen MR) is 126 cm³/mol. The summed E-state index contributed by atoms with van der Waals surface area (Å²) < 4.78 is 6.77. The molecule has 0 bridgehead atoms. The molecule has 5 heteroatoms. The van der Waals surface area contributed by atoms with Crippen LogP contribution in [0.4, 0.5) is 0 Å². The lowest BCUT2D eigenvalue weighted by Crippen LogP contribution is -2.44. The lowest BCUT2D eigenvalue weighted by atomic mass is 10.0. The molecule has 0 spiro atoms. The molecule has 2 atom stereocenters. The average molecular weight is 424 g/mol. The lowest BCUT2D eigenvalue weighted by molar-refractivity contribution is 0.217. The normalized spacial score (nSPS) is 16.0. The van der Waals surface area contributed by atoms with Crippen molar-refractivity contribution in [3.63, 3.8) is 0 Å². The van der Waals surface area contributed by atoms with Gasteiger partial charge in [-0.3, -0.25) is 0 Å². The number of unbranched alkanes of at least 4 members (excludes halogenated alkanes) is 1. The standard InChI is InChI=1S/C23H41NO2SSi/c1-18(16-25)13-11-9-10-12-14-22(26-28(7,8)23(4,5)6)19(2)15-21-17-27-20(3)24-21/h10,12,15,17-18,22,25H,9,11,13-14,16H2,1-8H3/b12-10-,19-15+/t18-,22-/m0/s1. The van der Waals surface area contributed by atoms with Crippen LogP contribution in [-0.4, -0.2) is 31.1 Å². The topological polar surface area (TPSA) is 42.4 Å². The predicted octanol–water partition coefficient (Wildman–Crippen LogP) is 6.99. The molecule has 0 fully saturated rings. The summed E-state index contributed by atoms with van der Waals surface area (Å²) in [7, 11) is -1.86. The minimum absolute atomic E-state index is 0.0931. The second-order valence-electron chi connectivity index (χ2n) is 9.47. The van der Waals surface area contributed by atoms with E-state index in [4.69, 9.17) is 9.53 Å². The highest BCUT2D eigenvalue weighted by molar-refractivity contribution is 7.09. The summed E-state index contributed by atoms with van der Waals surface area (Å²) in [4.78, 5) is 4.58. The van der Waals surface area contributed by atoms with E-state index in [0.717, 1.165) is 36.4 Å². The number of hydrogen-bond acceptors (Lipinski definition) is 4. The summed E-state index contributed by atoms with van der Waals surface area (Å²) >= 11 is 1.69. The monoisotopic (exact) mass is 423 g/mol. The smallest absolute Gasteiger partial charge is 0.192 e. The van der Waals surface area contributed by atoms with Gasteiger partial charge in [-0.05, 0) is 75.2 Å². The Morgan fingerprint density at radius 1 is 1.32 bits per heavy atom. The quantitative estimate of drug-likeness (QED) is 0.237. The molecule has 0 aromatic carbocycles. The van der Waals surface area contributed by atoms with Crippen molar-refractivity contribution in [1.29, 1.82) is 0 Å². The van der Waals surface area contributed by atoms with Crippen molar-refractivity contribution < 1.29 is 9.53 Å². The highest BCUT2D eigenvalue weighted by Crippen LogP contribution is 2.38. The van der Waals surface area contributed by atoms with E-state index in [0.29, 0.717) is 5.92 Å². The van der Waals surface area contributed by atoms with E-state index in [1.807, 2.05) is 6.92 Å². The molecule has 0 unspecified atom stereocenters. The van der Waals surface area contributed by atoms with Crippen molar-refractivity contribution in [2.45, 2.75) is 91.5 Å². The van der Waals surface area contributed by atoms with E-state index in [1.54, 1.807) is 11.3 Å². The Kier molecular flexibility index (Phi) is 10.3. The first kappa shape index (κ1) is 25.3. The molecular formula is C23H41NO2SSi. The molecule has 1 aromatic heterocycles. The van der Waals surface area contributed by atoms with Gasteiger partial charge in [-0.1, -0.05) is 39.8 Å². The Morgan fingerprint density at radius 2 is 2.00 bits per heavy atom. The number of allylic oxidation sites excluding steroid dienone is 1. The Hall–Kier alpha value is -0.753. The molecule has 1 N–H and O–H groups in total. The number of rotatable bonds is 11. The van der Waals surface area contributed by atoms with Gasteiger partial charge in [-0.25, -0.2) is 4.98 Å². The fraction of sp³-hybridized carbons (Fsp3) is 0.696. The molecule has 3 nitrogen and oxygen atoms in total. The molecule has 1 heterocycles. The van der Waals surface area contributed by atoms with Crippen molar-refractivity contribution in [3.05, 3.63) is 33.8 Å². The van der Waals surface area contributed by atoms with Crippen molar-refractivity contribution in [2.75, 3.05) is 6.61 Å². The van der Waals surface area contributed by atoms with Crippen LogP contribution in [0.15, 0.2) is 23.1 Å². The molecule has 28 heavy (non-hydrogen) atoms. The number of aromatic nitrogens is 1. The van der Waals surface area contributed by atoms with Gasteiger partial charge in [0.05, 0.1) is 16.8 Å². The van der Waals surface area contributed by atoms with E-state index in [2.05, 4.69) is 76.3 Å². The van der Waals surface area contributed by atoms with Gasteiger partial charge in [0.2, 0.25) is 0 Å². The number of aliphatic hydroxyl groups excluding tert-OH is 1. The molecule has 0 aliphatic carbocycles. The third-order valence-corrected chi connectivity index (χ3v) is 10.9. The van der Waals surface area contributed by atoms with Crippen LogP contribution in [0.2, 0.25) is 18.1 Å². The molecule has 0 radical (unpaired) electrons. The van der Waals surface area contributed by atoms with E-state index in [-0.39, 0.29) is 17.7 Å². The van der Waals surface area contributed by atoms with Gasteiger partial charge in [-0.2, -0.15) is 0 Å². The van der Waals surface area contributed by atoms with E-state index in [9.17, 15) is 0 Å². The Bertz CT molecular complexity index is 643. The van der Waals surface area contributed by atoms with E-state index >= 15 is 0 Å². The number of thiazole rings is 1. The second kappa shape index (κ2) is 11.4. The van der Waals surface area contributed by atoms with Gasteiger partial charge < -0.3 is 9.53 Å². The van der Waals surface area contributed by atoms with E-state index in [1.165, 1.54) is 5.57 Å². The summed E-state index contributed by atoms with van der Waals surface area (Å²) in [6.07, 6.45) is 11.0. The third kappa shape index (κ3) is 8.72. The molecule has 0 amide bonds. The number of hydrogen-bond donors (Lipinski definition) is 1. The van der Waals surface area contributed by atoms with Crippen molar-refractivity contribution in [1.82, 2.24) is 4.98 Å².